The van der Waals surface area contributed by atoms with Crippen LogP contribution in [0.3, 0.4) is 0 Å². The van der Waals surface area contributed by atoms with E-state index in [1.54, 1.807) is 0 Å². The summed E-state index contributed by atoms with van der Waals surface area (Å²) in [7, 11) is 0. The fourth-order valence-electron chi connectivity index (χ4n) is 2.50. The Kier molecular flexibility index (Phi) is 3.42. The summed E-state index contributed by atoms with van der Waals surface area (Å²) in [5.74, 6) is 1.04. The molecule has 1 aliphatic rings. The van der Waals surface area contributed by atoms with E-state index in [-0.39, 0.29) is 5.60 Å². The highest BCUT2D eigenvalue weighted by molar-refractivity contribution is 9.10. The summed E-state index contributed by atoms with van der Waals surface area (Å²) in [5.41, 5.74) is 3.39. The summed E-state index contributed by atoms with van der Waals surface area (Å²) in [6, 6.07) is 10.3. The molecule has 0 amide bonds. The van der Waals surface area contributed by atoms with Crippen LogP contribution in [0.1, 0.15) is 25.0 Å². The van der Waals surface area contributed by atoms with Crippen molar-refractivity contribution in [3.05, 3.63) is 52.3 Å². The first-order valence-electron chi connectivity index (χ1n) is 6.69. The summed E-state index contributed by atoms with van der Waals surface area (Å²) < 4.78 is 6.91. The van der Waals surface area contributed by atoms with Gasteiger partial charge in [-0.1, -0.05) is 18.2 Å². The first kappa shape index (κ1) is 13.4. The minimum absolute atomic E-state index is 0.0996. The first-order valence-corrected chi connectivity index (χ1v) is 7.48. The molecular formula is C16H17BrN2O. The maximum absolute atomic E-state index is 6.07. The second-order valence-corrected chi connectivity index (χ2v) is 6.48. The van der Waals surface area contributed by atoms with Crippen molar-refractivity contribution in [3.8, 4) is 5.75 Å². The molecule has 0 bridgehead atoms. The van der Waals surface area contributed by atoms with E-state index in [1.165, 1.54) is 11.1 Å². The number of halogens is 1. The van der Waals surface area contributed by atoms with Crippen LogP contribution in [-0.4, -0.2) is 10.6 Å². The number of para-hydroxylation sites is 1. The summed E-state index contributed by atoms with van der Waals surface area (Å²) in [6.07, 6.45) is 2.79. The molecule has 3 nitrogen and oxygen atoms in total. The Labute approximate surface area is 127 Å². The number of fused-ring (bicyclic) bond motifs is 1. The van der Waals surface area contributed by atoms with E-state index in [1.807, 2.05) is 18.3 Å². The lowest BCUT2D eigenvalue weighted by atomic mass is 10.0. The molecule has 1 N–H and O–H groups in total. The maximum Gasteiger partial charge on any atom is 0.128 e. The number of hydrogen-bond donors (Lipinski definition) is 1. The van der Waals surface area contributed by atoms with E-state index >= 15 is 0 Å². The van der Waals surface area contributed by atoms with Crippen LogP contribution < -0.4 is 10.1 Å². The van der Waals surface area contributed by atoms with E-state index in [2.05, 4.69) is 58.3 Å². The van der Waals surface area contributed by atoms with Crippen molar-refractivity contribution >= 4 is 21.6 Å². The second kappa shape index (κ2) is 5.09. The largest absolute Gasteiger partial charge is 0.487 e. The molecule has 1 aromatic heterocycles. The highest BCUT2D eigenvalue weighted by atomic mass is 79.9. The molecule has 2 heterocycles. The molecule has 0 atom stereocenters. The van der Waals surface area contributed by atoms with Crippen molar-refractivity contribution in [2.24, 2.45) is 0 Å². The van der Waals surface area contributed by atoms with Gasteiger partial charge in [0.2, 0.25) is 0 Å². The number of ether oxygens (including phenoxy) is 1. The van der Waals surface area contributed by atoms with Crippen LogP contribution in [0.25, 0.3) is 0 Å². The van der Waals surface area contributed by atoms with Crippen LogP contribution in [0.2, 0.25) is 0 Å². The summed E-state index contributed by atoms with van der Waals surface area (Å²) in [4.78, 5) is 4.21. The van der Waals surface area contributed by atoms with Crippen molar-refractivity contribution in [1.82, 2.24) is 4.98 Å². The fraction of sp³-hybridized carbons (Fsp3) is 0.312. The van der Waals surface area contributed by atoms with Crippen LogP contribution in [0, 0.1) is 0 Å². The van der Waals surface area contributed by atoms with Gasteiger partial charge in [-0.05, 0) is 47.5 Å². The van der Waals surface area contributed by atoms with Gasteiger partial charge in [0.15, 0.2) is 0 Å². The number of rotatable bonds is 3. The van der Waals surface area contributed by atoms with Gasteiger partial charge in [0.1, 0.15) is 16.0 Å². The van der Waals surface area contributed by atoms with Gasteiger partial charge in [-0.15, -0.1) is 0 Å². The van der Waals surface area contributed by atoms with Gasteiger partial charge in [0, 0.05) is 18.5 Å². The van der Waals surface area contributed by atoms with Gasteiger partial charge in [-0.25, -0.2) is 4.98 Å². The lowest BCUT2D eigenvalue weighted by Gasteiger charge is -2.18. The number of anilines is 1. The topological polar surface area (TPSA) is 34.2 Å². The standard InChI is InChI=1S/C16H17BrN2O/c1-16(2)8-11-4-3-5-12(15(11)20-16)9-18-13-6-7-14(17)19-10-13/h3-7,10,18H,8-9H2,1-2H3. The molecule has 0 aliphatic carbocycles. The molecule has 2 aromatic rings. The molecule has 1 aliphatic heterocycles. The number of pyridine rings is 1. The Hall–Kier alpha value is -1.55. The lowest BCUT2D eigenvalue weighted by molar-refractivity contribution is 0.137. The number of hydrogen-bond acceptors (Lipinski definition) is 3. The van der Waals surface area contributed by atoms with Gasteiger partial charge in [-0.2, -0.15) is 0 Å². The third kappa shape index (κ3) is 2.80. The molecule has 0 spiro atoms. The predicted octanol–water partition coefficient (Wildman–Crippen LogP) is 4.17. The molecule has 3 rings (SSSR count). The molecule has 104 valence electrons. The summed E-state index contributed by atoms with van der Waals surface area (Å²) >= 11 is 3.34. The number of benzene rings is 1. The second-order valence-electron chi connectivity index (χ2n) is 5.67. The van der Waals surface area contributed by atoms with E-state index < -0.39 is 0 Å². The predicted molar refractivity (Wildman–Crippen MR) is 84.1 cm³/mol. The molecule has 0 saturated heterocycles. The molecule has 0 fully saturated rings. The Balaban J connectivity index is 1.76. The highest BCUT2D eigenvalue weighted by Crippen LogP contribution is 2.37. The van der Waals surface area contributed by atoms with Crippen LogP contribution in [0.15, 0.2) is 41.1 Å². The lowest BCUT2D eigenvalue weighted by Crippen LogP contribution is -2.25. The number of nitrogens with one attached hydrogen (secondary N) is 1. The Morgan fingerprint density at radius 3 is 2.90 bits per heavy atom. The quantitative estimate of drug-likeness (QED) is 0.856. The molecule has 4 heteroatoms. The van der Waals surface area contributed by atoms with E-state index in [4.69, 9.17) is 4.74 Å². The zero-order chi connectivity index (χ0) is 14.2. The summed E-state index contributed by atoms with van der Waals surface area (Å²) in [6.45, 7) is 4.99. The van der Waals surface area contributed by atoms with Crippen LogP contribution in [0.5, 0.6) is 5.75 Å². The molecule has 20 heavy (non-hydrogen) atoms. The first-order chi connectivity index (χ1) is 9.53. The van der Waals surface area contributed by atoms with E-state index in [9.17, 15) is 0 Å². The van der Waals surface area contributed by atoms with Crippen LogP contribution in [0.4, 0.5) is 5.69 Å². The van der Waals surface area contributed by atoms with Crippen LogP contribution >= 0.6 is 15.9 Å². The zero-order valence-corrected chi connectivity index (χ0v) is 13.2. The highest BCUT2D eigenvalue weighted by Gasteiger charge is 2.31. The Morgan fingerprint density at radius 2 is 2.15 bits per heavy atom. The molecule has 0 radical (unpaired) electrons. The van der Waals surface area contributed by atoms with Gasteiger partial charge in [-0.3, -0.25) is 0 Å². The van der Waals surface area contributed by atoms with Crippen molar-refractivity contribution in [3.63, 3.8) is 0 Å². The van der Waals surface area contributed by atoms with Gasteiger partial charge in [0.25, 0.3) is 0 Å². The Morgan fingerprint density at radius 1 is 1.30 bits per heavy atom. The van der Waals surface area contributed by atoms with E-state index in [0.29, 0.717) is 0 Å². The van der Waals surface area contributed by atoms with Crippen molar-refractivity contribution < 1.29 is 4.74 Å². The SMILES string of the molecule is CC1(C)Cc2cccc(CNc3ccc(Br)nc3)c2O1. The third-order valence-electron chi connectivity index (χ3n) is 3.38. The maximum atomic E-state index is 6.07. The number of nitrogens with zero attached hydrogens (tertiary/aromatic N) is 1. The monoisotopic (exact) mass is 332 g/mol. The molecule has 0 unspecified atom stereocenters. The fourth-order valence-corrected chi connectivity index (χ4v) is 2.73. The van der Waals surface area contributed by atoms with Gasteiger partial charge in [0.05, 0.1) is 11.9 Å². The van der Waals surface area contributed by atoms with Crippen molar-refractivity contribution in [1.29, 1.82) is 0 Å². The molecule has 1 aromatic carbocycles. The normalized spacial score (nSPS) is 15.6. The third-order valence-corrected chi connectivity index (χ3v) is 3.85. The minimum atomic E-state index is -0.0996. The molecular weight excluding hydrogens is 316 g/mol. The zero-order valence-electron chi connectivity index (χ0n) is 11.6. The van der Waals surface area contributed by atoms with Crippen molar-refractivity contribution in [2.45, 2.75) is 32.4 Å². The molecule has 0 saturated carbocycles. The van der Waals surface area contributed by atoms with Gasteiger partial charge < -0.3 is 10.1 Å². The van der Waals surface area contributed by atoms with E-state index in [0.717, 1.165) is 29.0 Å². The van der Waals surface area contributed by atoms with Crippen molar-refractivity contribution in [2.75, 3.05) is 5.32 Å². The average molecular weight is 333 g/mol. The van der Waals surface area contributed by atoms with Crippen LogP contribution in [-0.2, 0) is 13.0 Å². The summed E-state index contributed by atoms with van der Waals surface area (Å²) in [5, 5.41) is 3.38. The smallest absolute Gasteiger partial charge is 0.128 e. The van der Waals surface area contributed by atoms with Gasteiger partial charge >= 0.3 is 0 Å². The average Bonchev–Trinajstić information content (AvgIpc) is 2.72. The minimum Gasteiger partial charge on any atom is -0.487 e. The Bertz CT molecular complexity index is 623. The number of aromatic nitrogens is 1.